The van der Waals surface area contributed by atoms with Crippen molar-refractivity contribution in [2.75, 3.05) is 20.6 Å². The Balaban J connectivity index is 1.55. The van der Waals surface area contributed by atoms with Crippen LogP contribution in [0.2, 0.25) is 0 Å². The van der Waals surface area contributed by atoms with Gasteiger partial charge in [-0.2, -0.15) is 9.90 Å². The average molecular weight is 349 g/mol. The van der Waals surface area contributed by atoms with Gasteiger partial charge in [-0.05, 0) is 43.8 Å². The lowest BCUT2D eigenvalue weighted by Gasteiger charge is -2.09. The quantitative estimate of drug-likeness (QED) is 0.711. The van der Waals surface area contributed by atoms with E-state index in [1.807, 2.05) is 42.5 Å². The molecule has 1 N–H and O–H groups in total. The summed E-state index contributed by atoms with van der Waals surface area (Å²) in [6.45, 7) is 1.48. The molecule has 0 aliphatic heterocycles. The molecule has 0 aliphatic carbocycles. The zero-order valence-corrected chi connectivity index (χ0v) is 15.1. The first-order chi connectivity index (χ1) is 12.6. The number of likely N-dealkylation sites (N-methyl/N-ethyl adjacent to an activating group) is 1. The molecule has 6 nitrogen and oxygen atoms in total. The Labute approximate surface area is 153 Å². The van der Waals surface area contributed by atoms with Crippen molar-refractivity contribution in [3.8, 4) is 5.69 Å². The van der Waals surface area contributed by atoms with Gasteiger partial charge in [0.05, 0.1) is 11.9 Å². The van der Waals surface area contributed by atoms with Crippen LogP contribution < -0.4 is 5.32 Å². The third-order valence-corrected chi connectivity index (χ3v) is 4.04. The van der Waals surface area contributed by atoms with Crippen LogP contribution in [0.3, 0.4) is 0 Å². The van der Waals surface area contributed by atoms with Crippen molar-refractivity contribution in [1.29, 1.82) is 0 Å². The predicted molar refractivity (Wildman–Crippen MR) is 101 cm³/mol. The topological polar surface area (TPSA) is 63.1 Å². The molecule has 2 aromatic carbocycles. The molecule has 6 heteroatoms. The number of aromatic nitrogens is 3. The lowest BCUT2D eigenvalue weighted by molar-refractivity contribution is 0.0945. The molecule has 0 saturated carbocycles. The van der Waals surface area contributed by atoms with Crippen molar-refractivity contribution in [3.63, 3.8) is 0 Å². The number of rotatable bonds is 7. The minimum absolute atomic E-state index is 0.233. The molecule has 1 amide bonds. The first kappa shape index (κ1) is 17.8. The van der Waals surface area contributed by atoms with E-state index in [0.29, 0.717) is 12.2 Å². The van der Waals surface area contributed by atoms with Gasteiger partial charge in [0, 0.05) is 13.1 Å². The van der Waals surface area contributed by atoms with Gasteiger partial charge >= 0.3 is 0 Å². The molecule has 3 rings (SSSR count). The molecule has 26 heavy (non-hydrogen) atoms. The second-order valence-electron chi connectivity index (χ2n) is 6.41. The van der Waals surface area contributed by atoms with Gasteiger partial charge < -0.3 is 10.2 Å². The smallest absolute Gasteiger partial charge is 0.273 e. The van der Waals surface area contributed by atoms with Crippen LogP contribution in [0.5, 0.6) is 0 Å². The Morgan fingerprint density at radius 1 is 1.04 bits per heavy atom. The zero-order valence-electron chi connectivity index (χ0n) is 15.1. The zero-order chi connectivity index (χ0) is 18.4. The Hall–Kier alpha value is -2.99. The lowest BCUT2D eigenvalue weighted by atomic mass is 10.1. The SMILES string of the molecule is CN(C)CCc1ccc(CNC(=O)c2cnn(-c3ccccc3)n2)cc1. The summed E-state index contributed by atoms with van der Waals surface area (Å²) in [6.07, 6.45) is 2.49. The van der Waals surface area contributed by atoms with Crippen molar-refractivity contribution in [3.05, 3.63) is 77.6 Å². The molecule has 1 aromatic heterocycles. The molecule has 0 aliphatic rings. The van der Waals surface area contributed by atoms with Crippen molar-refractivity contribution in [2.24, 2.45) is 0 Å². The summed E-state index contributed by atoms with van der Waals surface area (Å²) in [5.74, 6) is -0.233. The third kappa shape index (κ3) is 4.77. The molecule has 0 bridgehead atoms. The number of amides is 1. The second kappa shape index (κ2) is 8.40. The summed E-state index contributed by atoms with van der Waals surface area (Å²) in [5, 5.41) is 11.3. The number of nitrogens with one attached hydrogen (secondary N) is 1. The highest BCUT2D eigenvalue weighted by atomic mass is 16.2. The summed E-state index contributed by atoms with van der Waals surface area (Å²) < 4.78 is 0. The Morgan fingerprint density at radius 3 is 2.42 bits per heavy atom. The first-order valence-electron chi connectivity index (χ1n) is 8.60. The number of nitrogens with zero attached hydrogens (tertiary/aromatic N) is 4. The third-order valence-electron chi connectivity index (χ3n) is 4.04. The number of benzene rings is 2. The van der Waals surface area contributed by atoms with E-state index >= 15 is 0 Å². The van der Waals surface area contributed by atoms with E-state index in [2.05, 4.69) is 46.6 Å². The maximum Gasteiger partial charge on any atom is 0.273 e. The minimum Gasteiger partial charge on any atom is -0.347 e. The molecule has 1 heterocycles. The Bertz CT molecular complexity index is 840. The van der Waals surface area contributed by atoms with Gasteiger partial charge in [-0.3, -0.25) is 4.79 Å². The fourth-order valence-corrected chi connectivity index (χ4v) is 2.50. The van der Waals surface area contributed by atoms with E-state index in [1.165, 1.54) is 16.6 Å². The van der Waals surface area contributed by atoms with Gasteiger partial charge in [0.1, 0.15) is 0 Å². The highest BCUT2D eigenvalue weighted by Crippen LogP contribution is 2.07. The molecular formula is C20H23N5O. The van der Waals surface area contributed by atoms with Gasteiger partial charge in [-0.15, -0.1) is 5.10 Å². The Morgan fingerprint density at radius 2 is 1.73 bits per heavy atom. The minimum atomic E-state index is -0.233. The number of carbonyl (C=O) groups is 1. The number of carbonyl (C=O) groups excluding carboxylic acids is 1. The summed E-state index contributed by atoms with van der Waals surface area (Å²) in [6, 6.07) is 17.8. The van der Waals surface area contributed by atoms with Gasteiger partial charge in [-0.25, -0.2) is 0 Å². The highest BCUT2D eigenvalue weighted by Gasteiger charge is 2.11. The van der Waals surface area contributed by atoms with E-state index in [0.717, 1.165) is 24.2 Å². The summed E-state index contributed by atoms with van der Waals surface area (Å²) in [4.78, 5) is 15.9. The van der Waals surface area contributed by atoms with Crippen molar-refractivity contribution in [2.45, 2.75) is 13.0 Å². The lowest BCUT2D eigenvalue weighted by Crippen LogP contribution is -2.23. The molecule has 3 aromatic rings. The highest BCUT2D eigenvalue weighted by molar-refractivity contribution is 5.91. The fraction of sp³-hybridized carbons (Fsp3) is 0.250. The van der Waals surface area contributed by atoms with Crippen LogP contribution in [0.25, 0.3) is 5.69 Å². The molecule has 0 spiro atoms. The summed E-state index contributed by atoms with van der Waals surface area (Å²) in [5.41, 5.74) is 3.47. The van der Waals surface area contributed by atoms with Crippen molar-refractivity contribution >= 4 is 5.91 Å². The first-order valence-corrected chi connectivity index (χ1v) is 8.60. The van der Waals surface area contributed by atoms with Crippen LogP contribution in [-0.4, -0.2) is 46.4 Å². The maximum absolute atomic E-state index is 12.3. The van der Waals surface area contributed by atoms with Gasteiger partial charge in [-0.1, -0.05) is 42.5 Å². The number of para-hydroxylation sites is 1. The van der Waals surface area contributed by atoms with E-state index in [4.69, 9.17) is 0 Å². The van der Waals surface area contributed by atoms with Crippen molar-refractivity contribution < 1.29 is 4.79 Å². The molecule has 0 radical (unpaired) electrons. The monoisotopic (exact) mass is 349 g/mol. The molecule has 134 valence electrons. The molecular weight excluding hydrogens is 326 g/mol. The van der Waals surface area contributed by atoms with Crippen LogP contribution in [0.4, 0.5) is 0 Å². The Kier molecular flexibility index (Phi) is 5.76. The van der Waals surface area contributed by atoms with E-state index in [1.54, 1.807) is 0 Å². The van der Waals surface area contributed by atoms with Crippen molar-refractivity contribution in [1.82, 2.24) is 25.2 Å². The number of hydrogen-bond acceptors (Lipinski definition) is 4. The van der Waals surface area contributed by atoms with Crippen LogP contribution in [-0.2, 0) is 13.0 Å². The predicted octanol–water partition coefficient (Wildman–Crippen LogP) is 2.30. The van der Waals surface area contributed by atoms with E-state index < -0.39 is 0 Å². The standard InChI is InChI=1S/C20H23N5O/c1-24(2)13-12-16-8-10-17(11-9-16)14-21-20(26)19-15-22-25(23-19)18-6-4-3-5-7-18/h3-11,15H,12-14H2,1-2H3,(H,21,26). The van der Waals surface area contributed by atoms with E-state index in [9.17, 15) is 4.79 Å². The molecule has 0 fully saturated rings. The van der Waals surface area contributed by atoms with Gasteiger partial charge in [0.15, 0.2) is 5.69 Å². The number of hydrogen-bond donors (Lipinski definition) is 1. The van der Waals surface area contributed by atoms with Crippen LogP contribution >= 0.6 is 0 Å². The molecule has 0 unspecified atom stereocenters. The maximum atomic E-state index is 12.3. The normalized spacial score (nSPS) is 10.9. The fourth-order valence-electron chi connectivity index (χ4n) is 2.50. The van der Waals surface area contributed by atoms with Crippen LogP contribution in [0, 0.1) is 0 Å². The average Bonchev–Trinajstić information content (AvgIpc) is 3.16. The van der Waals surface area contributed by atoms with Gasteiger partial charge in [0.2, 0.25) is 0 Å². The van der Waals surface area contributed by atoms with Gasteiger partial charge in [0.25, 0.3) is 5.91 Å². The second-order valence-corrected chi connectivity index (χ2v) is 6.41. The van der Waals surface area contributed by atoms with Crippen LogP contribution in [0.15, 0.2) is 60.8 Å². The van der Waals surface area contributed by atoms with E-state index in [-0.39, 0.29) is 5.91 Å². The molecule has 0 atom stereocenters. The largest absolute Gasteiger partial charge is 0.347 e. The summed E-state index contributed by atoms with van der Waals surface area (Å²) >= 11 is 0. The van der Waals surface area contributed by atoms with Crippen LogP contribution in [0.1, 0.15) is 21.6 Å². The molecule has 0 saturated heterocycles. The summed E-state index contributed by atoms with van der Waals surface area (Å²) in [7, 11) is 4.13.